The van der Waals surface area contributed by atoms with Gasteiger partial charge in [-0.25, -0.2) is 14.6 Å². The predicted molar refractivity (Wildman–Crippen MR) is 97.9 cm³/mol. The van der Waals surface area contributed by atoms with Crippen molar-refractivity contribution in [2.75, 3.05) is 31.1 Å². The van der Waals surface area contributed by atoms with E-state index in [0.717, 1.165) is 30.0 Å². The number of anilines is 1. The molecule has 4 rings (SSSR count). The van der Waals surface area contributed by atoms with Gasteiger partial charge < -0.3 is 9.80 Å². The van der Waals surface area contributed by atoms with E-state index in [0.29, 0.717) is 19.6 Å². The molecule has 0 bridgehead atoms. The first kappa shape index (κ1) is 16.3. The Kier molecular flexibility index (Phi) is 4.59. The number of rotatable bonds is 4. The van der Waals surface area contributed by atoms with Crippen LogP contribution < -0.4 is 4.90 Å². The SMILES string of the molecule is O=C(c1ccc(Cn2cncn2)cc1)N1CCN(c2ccccn2)CC1. The maximum absolute atomic E-state index is 12.7. The average molecular weight is 348 g/mol. The van der Waals surface area contributed by atoms with Crippen LogP contribution in [0.3, 0.4) is 0 Å². The van der Waals surface area contributed by atoms with Crippen LogP contribution in [0.4, 0.5) is 5.82 Å². The largest absolute Gasteiger partial charge is 0.353 e. The van der Waals surface area contributed by atoms with Crippen LogP contribution in [0.2, 0.25) is 0 Å². The third-order valence-electron chi connectivity index (χ3n) is 4.55. The van der Waals surface area contributed by atoms with Gasteiger partial charge in [-0.15, -0.1) is 0 Å². The molecule has 0 unspecified atom stereocenters. The van der Waals surface area contributed by atoms with Gasteiger partial charge in [-0.1, -0.05) is 18.2 Å². The average Bonchev–Trinajstić information content (AvgIpc) is 3.22. The second-order valence-electron chi connectivity index (χ2n) is 6.26. The van der Waals surface area contributed by atoms with E-state index in [9.17, 15) is 4.79 Å². The quantitative estimate of drug-likeness (QED) is 0.718. The minimum absolute atomic E-state index is 0.0815. The molecule has 132 valence electrons. The zero-order valence-corrected chi connectivity index (χ0v) is 14.4. The zero-order valence-electron chi connectivity index (χ0n) is 14.4. The number of amides is 1. The van der Waals surface area contributed by atoms with Crippen molar-refractivity contribution >= 4 is 11.7 Å². The summed E-state index contributed by atoms with van der Waals surface area (Å²) in [5, 5.41) is 4.10. The Bertz CT molecular complexity index is 840. The molecule has 1 aliphatic heterocycles. The fourth-order valence-electron chi connectivity index (χ4n) is 3.12. The summed E-state index contributed by atoms with van der Waals surface area (Å²) in [7, 11) is 0. The summed E-state index contributed by atoms with van der Waals surface area (Å²) in [6.45, 7) is 3.66. The summed E-state index contributed by atoms with van der Waals surface area (Å²) < 4.78 is 1.76. The zero-order chi connectivity index (χ0) is 17.8. The summed E-state index contributed by atoms with van der Waals surface area (Å²) in [6, 6.07) is 13.6. The minimum Gasteiger partial charge on any atom is -0.353 e. The van der Waals surface area contributed by atoms with Crippen molar-refractivity contribution in [1.29, 1.82) is 0 Å². The highest BCUT2D eigenvalue weighted by Crippen LogP contribution is 2.15. The van der Waals surface area contributed by atoms with Crippen molar-refractivity contribution in [2.24, 2.45) is 0 Å². The molecule has 1 aliphatic rings. The van der Waals surface area contributed by atoms with Crippen LogP contribution in [-0.4, -0.2) is 56.7 Å². The van der Waals surface area contributed by atoms with E-state index in [-0.39, 0.29) is 5.91 Å². The molecule has 3 heterocycles. The topological polar surface area (TPSA) is 67.2 Å². The molecule has 1 amide bonds. The molecule has 0 aliphatic carbocycles. The molecule has 7 nitrogen and oxygen atoms in total. The number of carbonyl (C=O) groups is 1. The summed E-state index contributed by atoms with van der Waals surface area (Å²) in [5.74, 6) is 1.05. The molecule has 0 atom stereocenters. The molecule has 1 fully saturated rings. The fourth-order valence-corrected chi connectivity index (χ4v) is 3.12. The number of benzene rings is 1. The van der Waals surface area contributed by atoms with Crippen LogP contribution in [0.1, 0.15) is 15.9 Å². The number of hydrogen-bond donors (Lipinski definition) is 0. The highest BCUT2D eigenvalue weighted by molar-refractivity contribution is 5.94. The molecule has 2 aromatic heterocycles. The number of carbonyl (C=O) groups excluding carboxylic acids is 1. The Balaban J connectivity index is 1.36. The van der Waals surface area contributed by atoms with Gasteiger partial charge >= 0.3 is 0 Å². The lowest BCUT2D eigenvalue weighted by molar-refractivity contribution is 0.0746. The van der Waals surface area contributed by atoms with E-state index >= 15 is 0 Å². The summed E-state index contributed by atoms with van der Waals surface area (Å²) >= 11 is 0. The standard InChI is InChI=1S/C19H20N6O/c26-19(17-6-4-16(5-7-17)13-25-15-20-14-22-25)24-11-9-23(10-12-24)18-3-1-2-8-21-18/h1-8,14-15H,9-13H2. The molecule has 0 radical (unpaired) electrons. The van der Waals surface area contributed by atoms with Crippen LogP contribution in [0.25, 0.3) is 0 Å². The number of nitrogens with zero attached hydrogens (tertiary/aromatic N) is 6. The van der Waals surface area contributed by atoms with E-state index < -0.39 is 0 Å². The Morgan fingerprint density at radius 3 is 2.46 bits per heavy atom. The Labute approximate surface area is 151 Å². The van der Waals surface area contributed by atoms with Gasteiger partial charge in [0.1, 0.15) is 18.5 Å². The van der Waals surface area contributed by atoms with E-state index in [1.54, 1.807) is 17.2 Å². The molecular formula is C19H20N6O. The third kappa shape index (κ3) is 3.56. The van der Waals surface area contributed by atoms with Crippen molar-refractivity contribution < 1.29 is 4.79 Å². The summed E-state index contributed by atoms with van der Waals surface area (Å²) in [5.41, 5.74) is 1.81. The monoisotopic (exact) mass is 348 g/mol. The van der Waals surface area contributed by atoms with Crippen molar-refractivity contribution in [3.8, 4) is 0 Å². The number of pyridine rings is 1. The van der Waals surface area contributed by atoms with Crippen molar-refractivity contribution in [1.82, 2.24) is 24.6 Å². The van der Waals surface area contributed by atoms with Gasteiger partial charge in [0.05, 0.1) is 6.54 Å². The highest BCUT2D eigenvalue weighted by Gasteiger charge is 2.22. The Morgan fingerprint density at radius 2 is 1.81 bits per heavy atom. The lowest BCUT2D eigenvalue weighted by atomic mass is 10.1. The highest BCUT2D eigenvalue weighted by atomic mass is 16.2. The lowest BCUT2D eigenvalue weighted by Gasteiger charge is -2.35. The van der Waals surface area contributed by atoms with Crippen LogP contribution in [0.5, 0.6) is 0 Å². The lowest BCUT2D eigenvalue weighted by Crippen LogP contribution is -2.49. The Morgan fingerprint density at radius 1 is 1.00 bits per heavy atom. The van der Waals surface area contributed by atoms with Gasteiger partial charge in [0.2, 0.25) is 0 Å². The molecule has 0 N–H and O–H groups in total. The number of aromatic nitrogens is 4. The molecule has 3 aromatic rings. The smallest absolute Gasteiger partial charge is 0.253 e. The minimum atomic E-state index is 0.0815. The van der Waals surface area contributed by atoms with Crippen molar-refractivity contribution in [3.63, 3.8) is 0 Å². The van der Waals surface area contributed by atoms with E-state index in [4.69, 9.17) is 0 Å². The normalized spacial score (nSPS) is 14.5. The van der Waals surface area contributed by atoms with Gasteiger partial charge in [-0.05, 0) is 29.8 Å². The molecule has 7 heteroatoms. The van der Waals surface area contributed by atoms with E-state index in [1.807, 2.05) is 47.4 Å². The first-order valence-electron chi connectivity index (χ1n) is 8.66. The van der Waals surface area contributed by atoms with Gasteiger partial charge in [0, 0.05) is 37.9 Å². The van der Waals surface area contributed by atoms with Crippen molar-refractivity contribution in [2.45, 2.75) is 6.54 Å². The predicted octanol–water partition coefficient (Wildman–Crippen LogP) is 1.68. The van der Waals surface area contributed by atoms with Gasteiger partial charge in [0.15, 0.2) is 0 Å². The van der Waals surface area contributed by atoms with Crippen LogP contribution in [-0.2, 0) is 6.54 Å². The van der Waals surface area contributed by atoms with Crippen LogP contribution in [0.15, 0.2) is 61.3 Å². The van der Waals surface area contributed by atoms with E-state index in [1.165, 1.54) is 6.33 Å². The molecule has 26 heavy (non-hydrogen) atoms. The second kappa shape index (κ2) is 7.35. The molecule has 0 saturated carbocycles. The van der Waals surface area contributed by atoms with Crippen LogP contribution in [0, 0.1) is 0 Å². The molecular weight excluding hydrogens is 328 g/mol. The van der Waals surface area contributed by atoms with Gasteiger partial charge in [0.25, 0.3) is 5.91 Å². The Hall–Kier alpha value is -3.22. The molecule has 1 aromatic carbocycles. The number of hydrogen-bond acceptors (Lipinski definition) is 5. The number of piperazine rings is 1. The third-order valence-corrected chi connectivity index (χ3v) is 4.55. The summed E-state index contributed by atoms with van der Waals surface area (Å²) in [6.07, 6.45) is 5.00. The fraction of sp³-hybridized carbons (Fsp3) is 0.263. The maximum atomic E-state index is 12.7. The summed E-state index contributed by atoms with van der Waals surface area (Å²) in [4.78, 5) is 25.2. The first-order valence-corrected chi connectivity index (χ1v) is 8.66. The van der Waals surface area contributed by atoms with Crippen molar-refractivity contribution in [3.05, 3.63) is 72.4 Å². The maximum Gasteiger partial charge on any atom is 0.253 e. The van der Waals surface area contributed by atoms with Gasteiger partial charge in [-0.2, -0.15) is 5.10 Å². The molecule has 0 spiro atoms. The molecule has 1 saturated heterocycles. The first-order chi connectivity index (χ1) is 12.8. The van der Waals surface area contributed by atoms with E-state index in [2.05, 4.69) is 20.0 Å². The second-order valence-corrected chi connectivity index (χ2v) is 6.26. The van der Waals surface area contributed by atoms with Gasteiger partial charge in [-0.3, -0.25) is 4.79 Å². The van der Waals surface area contributed by atoms with Crippen LogP contribution >= 0.6 is 0 Å².